The maximum absolute atomic E-state index is 13.1. The van der Waals surface area contributed by atoms with Gasteiger partial charge < -0.3 is 33.8 Å². The number of unbranched alkanes of at least 4 members (excludes halogenated alkanes) is 36. The maximum Gasteiger partial charge on any atom is 0.472 e. The zero-order chi connectivity index (χ0) is 68.9. The molecule has 0 aromatic heterocycles. The highest BCUT2D eigenvalue weighted by Crippen LogP contribution is 2.45. The first-order valence-corrected chi connectivity index (χ1v) is 41.2. The second-order valence-corrected chi connectivity index (χ2v) is 31.3. The zero-order valence-electron chi connectivity index (χ0n) is 60.9. The van der Waals surface area contributed by atoms with Gasteiger partial charge in [0.1, 0.15) is 19.3 Å². The number of aliphatic hydroxyl groups excluding tert-OH is 1. The topological polar surface area (TPSA) is 237 Å². The van der Waals surface area contributed by atoms with Crippen LogP contribution in [0.1, 0.15) is 370 Å². The van der Waals surface area contributed by atoms with Gasteiger partial charge in [0.15, 0.2) is 12.2 Å². The molecule has 93 heavy (non-hydrogen) atoms. The van der Waals surface area contributed by atoms with Crippen LogP contribution in [-0.4, -0.2) is 96.7 Å². The van der Waals surface area contributed by atoms with Crippen molar-refractivity contribution < 1.29 is 80.2 Å². The van der Waals surface area contributed by atoms with Crippen LogP contribution in [0.2, 0.25) is 0 Å². The molecule has 0 saturated heterocycles. The van der Waals surface area contributed by atoms with Crippen molar-refractivity contribution in [2.75, 3.05) is 39.6 Å². The van der Waals surface area contributed by atoms with Gasteiger partial charge in [0, 0.05) is 25.7 Å². The molecule has 4 unspecified atom stereocenters. The second kappa shape index (κ2) is 63.5. The van der Waals surface area contributed by atoms with E-state index in [1.165, 1.54) is 167 Å². The van der Waals surface area contributed by atoms with Crippen molar-refractivity contribution in [3.63, 3.8) is 0 Å². The molecular weight excluding hydrogens is 1220 g/mol. The molecule has 0 saturated carbocycles. The van der Waals surface area contributed by atoms with Crippen molar-refractivity contribution in [3.05, 3.63) is 0 Å². The van der Waals surface area contributed by atoms with E-state index in [9.17, 15) is 43.2 Å². The molecule has 17 nitrogen and oxygen atoms in total. The first-order valence-electron chi connectivity index (χ1n) is 38.2. The molecule has 0 heterocycles. The minimum absolute atomic E-state index is 0.105. The number of aliphatic hydroxyl groups is 1. The monoisotopic (exact) mass is 1370 g/mol. The van der Waals surface area contributed by atoms with Crippen molar-refractivity contribution in [2.24, 2.45) is 23.7 Å². The minimum Gasteiger partial charge on any atom is -0.462 e. The van der Waals surface area contributed by atoms with Crippen molar-refractivity contribution >= 4 is 39.5 Å². The molecule has 6 atom stereocenters. The van der Waals surface area contributed by atoms with E-state index in [0.29, 0.717) is 31.6 Å². The minimum atomic E-state index is -4.96. The van der Waals surface area contributed by atoms with Gasteiger partial charge in [0.2, 0.25) is 0 Å². The van der Waals surface area contributed by atoms with E-state index >= 15 is 0 Å². The molecule has 0 aliphatic rings. The molecule has 0 spiro atoms. The lowest BCUT2D eigenvalue weighted by molar-refractivity contribution is -0.161. The van der Waals surface area contributed by atoms with Crippen molar-refractivity contribution in [3.8, 4) is 0 Å². The molecule has 0 fully saturated rings. The lowest BCUT2D eigenvalue weighted by atomic mass is 9.99. The van der Waals surface area contributed by atoms with Crippen LogP contribution in [0.4, 0.5) is 0 Å². The van der Waals surface area contributed by atoms with E-state index in [1.807, 2.05) is 0 Å². The fourth-order valence-electron chi connectivity index (χ4n) is 11.2. The van der Waals surface area contributed by atoms with Gasteiger partial charge in [-0.15, -0.1) is 0 Å². The highest BCUT2D eigenvalue weighted by atomic mass is 31.2. The standard InChI is InChI=1S/C74H144O17P2/c1-9-67(8)53-45-37-29-20-17-18-22-32-41-49-57-74(79)91-70(61-85-72(77)55-47-39-33-25-28-36-44-52-66(6)7)63-89-93(82,83)87-59-68(75)58-86-92(80,81)88-62-69(60-84-71(76)54-46-38-30-24-23-27-35-43-51-65(4)5)90-73(78)56-48-40-31-21-16-14-12-10-11-13-15-19-26-34-42-50-64(2)3/h64-70,75H,9-63H2,1-8H3,(H,80,81)(H,82,83)/t67?,68?,69-,70-/m1/s1. The Kier molecular flexibility index (Phi) is 62.2. The Bertz CT molecular complexity index is 1840. The molecule has 0 aliphatic carbocycles. The summed E-state index contributed by atoms with van der Waals surface area (Å²) >= 11 is 0. The van der Waals surface area contributed by atoms with Gasteiger partial charge in [-0.05, 0) is 49.4 Å². The Labute approximate surface area is 568 Å². The first-order chi connectivity index (χ1) is 44.6. The van der Waals surface area contributed by atoms with Gasteiger partial charge in [-0.3, -0.25) is 37.3 Å². The van der Waals surface area contributed by atoms with Crippen LogP contribution in [0, 0.1) is 23.7 Å². The van der Waals surface area contributed by atoms with Gasteiger partial charge >= 0.3 is 39.5 Å². The Balaban J connectivity index is 5.24. The second-order valence-electron chi connectivity index (χ2n) is 28.4. The van der Waals surface area contributed by atoms with Gasteiger partial charge in [-0.25, -0.2) is 9.13 Å². The summed E-state index contributed by atoms with van der Waals surface area (Å²) < 4.78 is 68.4. The fourth-order valence-corrected chi connectivity index (χ4v) is 12.7. The average Bonchev–Trinajstić information content (AvgIpc) is 2.42. The summed E-state index contributed by atoms with van der Waals surface area (Å²) in [6.07, 6.45) is 47.2. The molecular formula is C74H144O17P2. The third-order valence-corrected chi connectivity index (χ3v) is 19.3. The number of carbonyl (C=O) groups excluding carboxylic acids is 4. The summed E-state index contributed by atoms with van der Waals surface area (Å²) in [6, 6.07) is 0. The summed E-state index contributed by atoms with van der Waals surface area (Å²) in [4.78, 5) is 72.7. The molecule has 0 aromatic carbocycles. The number of hydrogen-bond donors (Lipinski definition) is 3. The number of phosphoric acid groups is 2. The average molecular weight is 1370 g/mol. The highest BCUT2D eigenvalue weighted by Gasteiger charge is 2.30. The smallest absolute Gasteiger partial charge is 0.462 e. The van der Waals surface area contributed by atoms with Crippen LogP contribution in [0.15, 0.2) is 0 Å². The third-order valence-electron chi connectivity index (χ3n) is 17.4. The number of hydrogen-bond acceptors (Lipinski definition) is 15. The summed E-state index contributed by atoms with van der Waals surface area (Å²) in [5.74, 6) is 0.912. The maximum atomic E-state index is 13.1. The number of carbonyl (C=O) groups is 4. The number of ether oxygens (including phenoxy) is 4. The van der Waals surface area contributed by atoms with Crippen LogP contribution in [0.3, 0.4) is 0 Å². The number of rotatable bonds is 71. The summed E-state index contributed by atoms with van der Waals surface area (Å²) in [7, 11) is -9.91. The summed E-state index contributed by atoms with van der Waals surface area (Å²) in [5, 5.41) is 10.6. The van der Waals surface area contributed by atoms with E-state index in [1.54, 1.807) is 0 Å². The largest absolute Gasteiger partial charge is 0.472 e. The quantitative estimate of drug-likeness (QED) is 0.0222. The van der Waals surface area contributed by atoms with Crippen molar-refractivity contribution in [1.29, 1.82) is 0 Å². The van der Waals surface area contributed by atoms with E-state index in [-0.39, 0.29) is 25.7 Å². The normalized spacial score (nSPS) is 14.5. The molecule has 0 radical (unpaired) electrons. The zero-order valence-corrected chi connectivity index (χ0v) is 62.7. The van der Waals surface area contributed by atoms with E-state index in [2.05, 4.69) is 55.4 Å². The van der Waals surface area contributed by atoms with Gasteiger partial charge in [0.25, 0.3) is 0 Å². The molecule has 552 valence electrons. The Hall–Kier alpha value is -1.94. The van der Waals surface area contributed by atoms with Gasteiger partial charge in [0.05, 0.1) is 26.4 Å². The highest BCUT2D eigenvalue weighted by molar-refractivity contribution is 7.47. The van der Waals surface area contributed by atoms with Gasteiger partial charge in [-0.2, -0.15) is 0 Å². The Morgan fingerprint density at radius 3 is 0.763 bits per heavy atom. The fraction of sp³-hybridized carbons (Fsp3) is 0.946. The summed E-state index contributed by atoms with van der Waals surface area (Å²) in [6.45, 7) is 14.1. The molecule has 0 aliphatic heterocycles. The predicted octanol–water partition coefficient (Wildman–Crippen LogP) is 21.3. The molecule has 19 heteroatoms. The van der Waals surface area contributed by atoms with Crippen LogP contribution >= 0.6 is 15.6 Å². The van der Waals surface area contributed by atoms with E-state index in [4.69, 9.17) is 37.0 Å². The van der Waals surface area contributed by atoms with Crippen molar-refractivity contribution in [1.82, 2.24) is 0 Å². The molecule has 0 aromatic rings. The van der Waals surface area contributed by atoms with Crippen LogP contribution in [0.5, 0.6) is 0 Å². The Morgan fingerprint density at radius 2 is 0.516 bits per heavy atom. The van der Waals surface area contributed by atoms with Crippen LogP contribution in [-0.2, 0) is 65.4 Å². The molecule has 3 N–H and O–H groups in total. The summed E-state index contributed by atoms with van der Waals surface area (Å²) in [5.41, 5.74) is 0. The number of phosphoric ester groups is 2. The number of esters is 4. The van der Waals surface area contributed by atoms with Crippen LogP contribution < -0.4 is 0 Å². The SMILES string of the molecule is CCC(C)CCCCCCCCCCCCC(=O)O[C@H](COC(=O)CCCCCCCCCC(C)C)COP(=O)(O)OCC(O)COP(=O)(O)OC[C@@H](COC(=O)CCCCCCCCCCC(C)C)OC(=O)CCCCCCCCCCCCCCCCCC(C)C. The molecule has 0 rings (SSSR count). The first kappa shape index (κ1) is 91.1. The molecule has 0 bridgehead atoms. The predicted molar refractivity (Wildman–Crippen MR) is 377 cm³/mol. The van der Waals surface area contributed by atoms with E-state index in [0.717, 1.165) is 114 Å². The Morgan fingerprint density at radius 1 is 0.301 bits per heavy atom. The third kappa shape index (κ3) is 67.0. The van der Waals surface area contributed by atoms with Crippen LogP contribution in [0.25, 0.3) is 0 Å². The van der Waals surface area contributed by atoms with E-state index < -0.39 is 97.5 Å². The lowest BCUT2D eigenvalue weighted by Gasteiger charge is -2.21. The van der Waals surface area contributed by atoms with Gasteiger partial charge in [-0.1, -0.05) is 319 Å². The lowest BCUT2D eigenvalue weighted by Crippen LogP contribution is -2.30. The van der Waals surface area contributed by atoms with Crippen molar-refractivity contribution in [2.45, 2.75) is 388 Å². The molecule has 0 amide bonds.